The van der Waals surface area contributed by atoms with Gasteiger partial charge >= 0.3 is 0 Å². The van der Waals surface area contributed by atoms with Crippen molar-refractivity contribution in [1.29, 1.82) is 0 Å². The van der Waals surface area contributed by atoms with E-state index in [4.69, 9.17) is 8.83 Å². The first-order chi connectivity index (χ1) is 57.6. The molecule has 23 rings (SSSR count). The predicted molar refractivity (Wildman–Crippen MR) is 487 cm³/mol. The van der Waals surface area contributed by atoms with E-state index in [2.05, 4.69) is 331 Å². The minimum absolute atomic E-state index is 0.376. The van der Waals surface area contributed by atoms with Gasteiger partial charge in [0.25, 0.3) is 0 Å². The number of fused-ring (bicyclic) bond motifs is 21. The molecule has 18 aromatic carbocycles. The van der Waals surface area contributed by atoms with Crippen LogP contribution in [0.15, 0.2) is 355 Å². The van der Waals surface area contributed by atoms with Gasteiger partial charge in [0.15, 0.2) is 11.2 Å². The monoisotopic (exact) mass is 1520 g/mol. The van der Waals surface area contributed by atoms with Crippen molar-refractivity contribution in [3.8, 4) is 66.8 Å². The van der Waals surface area contributed by atoms with Crippen molar-refractivity contribution < 1.29 is 17.6 Å². The van der Waals surface area contributed by atoms with Crippen molar-refractivity contribution in [2.24, 2.45) is 10.8 Å². The van der Waals surface area contributed by atoms with E-state index in [9.17, 15) is 0 Å². The fourth-order valence-electron chi connectivity index (χ4n) is 22.0. The summed E-state index contributed by atoms with van der Waals surface area (Å²) in [7, 11) is 0. The Balaban J connectivity index is 0.915. The van der Waals surface area contributed by atoms with Crippen molar-refractivity contribution >= 4 is 121 Å². The summed E-state index contributed by atoms with van der Waals surface area (Å²) in [5.41, 5.74) is 22.0. The molecule has 0 aliphatic heterocycles. The Hall–Kier alpha value is -13.9. The number of anilines is 6. The first kappa shape index (κ1) is 69.6. The average molecular weight is 1520 g/mol. The molecule has 564 valence electrons. The molecule has 0 N–H and O–H groups in total. The molecular formula is C112H80F2N2O2. The third-order valence-electron chi connectivity index (χ3n) is 26.6. The lowest BCUT2D eigenvalue weighted by Gasteiger charge is -2.62. The lowest BCUT2D eigenvalue weighted by Crippen LogP contribution is -2.62. The zero-order valence-corrected chi connectivity index (χ0v) is 66.6. The van der Waals surface area contributed by atoms with Gasteiger partial charge in [0, 0.05) is 54.3 Å². The van der Waals surface area contributed by atoms with Crippen molar-refractivity contribution in [2.75, 3.05) is 9.80 Å². The van der Waals surface area contributed by atoms with Crippen LogP contribution in [0, 0.1) is 29.4 Å². The van der Waals surface area contributed by atoms with E-state index in [1.807, 2.05) is 60.7 Å². The van der Waals surface area contributed by atoms with Gasteiger partial charge in [-0.3, -0.25) is 0 Å². The number of halogens is 2. The summed E-state index contributed by atoms with van der Waals surface area (Å²) >= 11 is 0. The van der Waals surface area contributed by atoms with E-state index >= 15 is 8.78 Å². The van der Waals surface area contributed by atoms with Gasteiger partial charge in [-0.2, -0.15) is 0 Å². The summed E-state index contributed by atoms with van der Waals surface area (Å²) in [6.07, 6.45) is 0.807. The molecule has 2 heterocycles. The first-order valence-corrected chi connectivity index (χ1v) is 41.1. The highest BCUT2D eigenvalue weighted by molar-refractivity contribution is 6.22. The van der Waals surface area contributed by atoms with Crippen molar-refractivity contribution in [3.63, 3.8) is 0 Å². The molecule has 3 aliphatic rings. The molecule has 0 spiro atoms. The van der Waals surface area contributed by atoms with Gasteiger partial charge in [0.2, 0.25) is 0 Å². The SMILES string of the molecule is Cc1ccccc1-c1cc(-c2ccccc2)cc(F)c1N(c1cc2c(c3ccccc13)-c1c(ccc3ccccc13)C2(C(C)(C)C)C1(C(C)(C)C)c2ccc3ccccc3c2-c2c1cc(N(c1c(F)cc(-c3ccccc3)cc1-c1cccc3c1C3)c1cccc3c1oc1ccccc13)c1ccccc21)c1cccc2c1oc1ccccc12. The number of rotatable bonds is 11. The van der Waals surface area contributed by atoms with E-state index in [0.29, 0.717) is 33.9 Å². The zero-order valence-electron chi connectivity index (χ0n) is 66.6. The summed E-state index contributed by atoms with van der Waals surface area (Å²) in [5, 5.41) is 12.2. The molecule has 0 saturated heterocycles. The molecule has 3 aliphatic carbocycles. The minimum Gasteiger partial charge on any atom is -0.454 e. The Kier molecular flexibility index (Phi) is 15.0. The molecule has 2 aromatic heterocycles. The molecule has 0 fully saturated rings. The van der Waals surface area contributed by atoms with Crippen LogP contribution in [-0.2, 0) is 17.3 Å². The van der Waals surface area contributed by atoms with Crippen LogP contribution in [0.1, 0.15) is 80.5 Å². The van der Waals surface area contributed by atoms with Crippen molar-refractivity contribution in [3.05, 3.63) is 396 Å². The summed E-state index contributed by atoms with van der Waals surface area (Å²) in [6, 6.07) is 123. The smallest absolute Gasteiger partial charge is 0.159 e. The highest BCUT2D eigenvalue weighted by Crippen LogP contribution is 2.78. The zero-order chi connectivity index (χ0) is 79.4. The molecule has 118 heavy (non-hydrogen) atoms. The van der Waals surface area contributed by atoms with Gasteiger partial charge in [-0.1, -0.05) is 327 Å². The maximum atomic E-state index is 20.0. The topological polar surface area (TPSA) is 32.8 Å². The second-order valence-electron chi connectivity index (χ2n) is 34.7. The van der Waals surface area contributed by atoms with Crippen LogP contribution < -0.4 is 9.80 Å². The van der Waals surface area contributed by atoms with E-state index in [0.717, 1.165) is 177 Å². The van der Waals surface area contributed by atoms with E-state index in [1.165, 1.54) is 22.3 Å². The summed E-state index contributed by atoms with van der Waals surface area (Å²) in [6.45, 7) is 17.0. The molecule has 2 atom stereocenters. The molecular weight excluding hydrogens is 1440 g/mol. The second-order valence-corrected chi connectivity index (χ2v) is 34.7. The Morgan fingerprint density at radius 1 is 0.288 bits per heavy atom. The van der Waals surface area contributed by atoms with Gasteiger partial charge in [-0.25, -0.2) is 8.78 Å². The molecule has 2 unspecified atom stereocenters. The Morgan fingerprint density at radius 2 is 0.661 bits per heavy atom. The Bertz CT molecular complexity index is 7270. The number of para-hydroxylation sites is 4. The number of nitrogens with zero attached hydrogens (tertiary/aromatic N) is 2. The van der Waals surface area contributed by atoms with Crippen LogP contribution in [0.5, 0.6) is 0 Å². The molecule has 0 bridgehead atoms. The normalized spacial score (nSPS) is 15.4. The lowest BCUT2D eigenvalue weighted by atomic mass is 9.39. The van der Waals surface area contributed by atoms with Crippen LogP contribution in [0.3, 0.4) is 0 Å². The summed E-state index contributed by atoms with van der Waals surface area (Å²) in [4.78, 5) is 4.49. The number of benzene rings is 18. The number of hydrogen-bond acceptors (Lipinski definition) is 4. The number of hydrogen-bond donors (Lipinski definition) is 0. The third kappa shape index (κ3) is 9.69. The average Bonchev–Trinajstić information content (AvgIpc) is 1.45. The Morgan fingerprint density at radius 3 is 1.13 bits per heavy atom. The predicted octanol–water partition coefficient (Wildman–Crippen LogP) is 31.5. The molecule has 0 radical (unpaired) electrons. The Labute approximate surface area is 683 Å². The summed E-state index contributed by atoms with van der Waals surface area (Å²) < 4.78 is 54.5. The highest BCUT2D eigenvalue weighted by Gasteiger charge is 2.71. The van der Waals surface area contributed by atoms with E-state index in [-0.39, 0.29) is 5.82 Å². The van der Waals surface area contributed by atoms with Gasteiger partial charge in [-0.05, 0) is 212 Å². The maximum Gasteiger partial charge on any atom is 0.159 e. The van der Waals surface area contributed by atoms with Gasteiger partial charge in [0.05, 0.1) is 34.1 Å². The largest absolute Gasteiger partial charge is 0.454 e. The first-order valence-electron chi connectivity index (χ1n) is 41.1. The van der Waals surface area contributed by atoms with E-state index < -0.39 is 27.5 Å². The molecule has 4 nitrogen and oxygen atoms in total. The van der Waals surface area contributed by atoms with Crippen LogP contribution in [0.25, 0.3) is 154 Å². The molecule has 0 amide bonds. The number of furan rings is 2. The highest BCUT2D eigenvalue weighted by atomic mass is 19.1. The van der Waals surface area contributed by atoms with Crippen molar-refractivity contribution in [2.45, 2.75) is 65.7 Å². The molecule has 6 heteroatoms. The summed E-state index contributed by atoms with van der Waals surface area (Å²) in [5.74, 6) is -0.771. The van der Waals surface area contributed by atoms with Crippen LogP contribution >= 0.6 is 0 Å². The fourth-order valence-corrected chi connectivity index (χ4v) is 22.0. The third-order valence-corrected chi connectivity index (χ3v) is 26.6. The maximum absolute atomic E-state index is 20.0. The van der Waals surface area contributed by atoms with Crippen LogP contribution in [0.4, 0.5) is 42.9 Å². The molecule has 0 saturated carbocycles. The van der Waals surface area contributed by atoms with Crippen LogP contribution in [-0.4, -0.2) is 0 Å². The fraction of sp³-hybridized carbons (Fsp3) is 0.107. The standard InChI is InChI=1S/C112H80F2N2O2/c1-66-31-14-17-39-74(66)87-60-72(67-32-10-8-11-33-67)62-93(113)105(87)115(95-51-29-49-84-80-44-24-26-53-99(80)117-107(84)95)97-64-91-103(82-46-22-20-42-78(82)97)101-75-40-18-15-36-69(75)55-57-89(101)111(91,109(2,3)4)112(110(5,6)7)90-58-56-70-37-16-19-41-76(70)102(90)104-83-47-23-21-43-79(83)98(65-92(104)112)116(96-52-30-50-85-81-45-25-27-54-100(81)118-108(85)96)106-88(77-48-28-38-71-59-86(71)77)61-73(63-94(106)114)68-34-12-9-13-35-68/h8-58,60-65H,59H2,1-7H3. The van der Waals surface area contributed by atoms with Crippen molar-refractivity contribution in [1.82, 2.24) is 0 Å². The quantitative estimate of drug-likeness (QED) is 0.129. The lowest BCUT2D eigenvalue weighted by molar-refractivity contribution is 0.0596. The van der Waals surface area contributed by atoms with E-state index in [1.54, 1.807) is 12.1 Å². The number of aryl methyl sites for hydroxylation is 1. The minimum atomic E-state index is -1.13. The van der Waals surface area contributed by atoms with Gasteiger partial charge < -0.3 is 18.6 Å². The van der Waals surface area contributed by atoms with Crippen LogP contribution in [0.2, 0.25) is 0 Å². The van der Waals surface area contributed by atoms with Gasteiger partial charge in [-0.15, -0.1) is 0 Å². The molecule has 20 aromatic rings. The van der Waals surface area contributed by atoms with Gasteiger partial charge in [0.1, 0.15) is 22.8 Å². The second kappa shape index (κ2) is 25.5.